The van der Waals surface area contributed by atoms with Crippen molar-refractivity contribution in [3.8, 4) is 6.07 Å². The maximum Gasteiger partial charge on any atom is 0.0994 e. The van der Waals surface area contributed by atoms with E-state index in [0.29, 0.717) is 0 Å². The highest BCUT2D eigenvalue weighted by Gasteiger charge is 2.21. The second-order valence-corrected chi connectivity index (χ2v) is 5.93. The van der Waals surface area contributed by atoms with Gasteiger partial charge in [0.2, 0.25) is 0 Å². The van der Waals surface area contributed by atoms with Crippen molar-refractivity contribution < 1.29 is 0 Å². The van der Waals surface area contributed by atoms with Crippen molar-refractivity contribution in [3.05, 3.63) is 34.4 Å². The molecule has 84 valence electrons. The number of benzene rings is 1. The minimum Gasteiger partial charge on any atom is -0.192 e. The summed E-state index contributed by atoms with van der Waals surface area (Å²) in [4.78, 5) is 0. The van der Waals surface area contributed by atoms with Crippen LogP contribution in [-0.2, 0) is 19.3 Å². The summed E-state index contributed by atoms with van der Waals surface area (Å²) in [6, 6.07) is 6.50. The summed E-state index contributed by atoms with van der Waals surface area (Å²) in [5.41, 5.74) is 5.39. The summed E-state index contributed by atoms with van der Waals surface area (Å²) in [5, 5.41) is 9.20. The first-order chi connectivity index (χ1) is 7.51. The molecule has 16 heavy (non-hydrogen) atoms. The van der Waals surface area contributed by atoms with Crippen LogP contribution in [0.1, 0.15) is 49.4 Å². The van der Waals surface area contributed by atoms with Crippen LogP contribution in [0, 0.1) is 16.7 Å². The lowest BCUT2D eigenvalue weighted by Gasteiger charge is -2.21. The molecule has 0 N–H and O–H groups in total. The van der Waals surface area contributed by atoms with Crippen molar-refractivity contribution in [2.24, 2.45) is 5.41 Å². The third kappa shape index (κ3) is 2.11. The zero-order chi connectivity index (χ0) is 11.8. The lowest BCUT2D eigenvalue weighted by Crippen LogP contribution is -2.12. The molecule has 0 radical (unpaired) electrons. The highest BCUT2D eigenvalue weighted by Crippen LogP contribution is 2.32. The van der Waals surface area contributed by atoms with Gasteiger partial charge < -0.3 is 0 Å². The van der Waals surface area contributed by atoms with Crippen LogP contribution in [0.25, 0.3) is 0 Å². The van der Waals surface area contributed by atoms with Crippen LogP contribution >= 0.6 is 0 Å². The SMILES string of the molecule is CC(C)(C)Cc1c(C#N)ccc2c1CCC2. The van der Waals surface area contributed by atoms with Crippen molar-refractivity contribution >= 4 is 0 Å². The molecule has 0 heterocycles. The van der Waals surface area contributed by atoms with Crippen LogP contribution in [0.3, 0.4) is 0 Å². The minimum absolute atomic E-state index is 0.253. The van der Waals surface area contributed by atoms with Crippen molar-refractivity contribution in [3.63, 3.8) is 0 Å². The molecule has 1 aliphatic carbocycles. The van der Waals surface area contributed by atoms with E-state index in [2.05, 4.69) is 32.9 Å². The number of aryl methyl sites for hydroxylation is 1. The molecule has 0 bridgehead atoms. The minimum atomic E-state index is 0.253. The summed E-state index contributed by atoms with van der Waals surface area (Å²) in [6.07, 6.45) is 4.62. The van der Waals surface area contributed by atoms with Gasteiger partial charge in [0.15, 0.2) is 0 Å². The Morgan fingerprint density at radius 3 is 2.62 bits per heavy atom. The molecule has 0 aromatic heterocycles. The third-order valence-electron chi connectivity index (χ3n) is 3.23. The Kier molecular flexibility index (Phi) is 2.76. The fraction of sp³-hybridized carbons (Fsp3) is 0.533. The highest BCUT2D eigenvalue weighted by molar-refractivity contribution is 5.49. The van der Waals surface area contributed by atoms with E-state index < -0.39 is 0 Å². The van der Waals surface area contributed by atoms with Crippen LogP contribution in [0.5, 0.6) is 0 Å². The zero-order valence-electron chi connectivity index (χ0n) is 10.4. The van der Waals surface area contributed by atoms with Crippen molar-refractivity contribution in [1.82, 2.24) is 0 Å². The van der Waals surface area contributed by atoms with Gasteiger partial charge in [-0.25, -0.2) is 0 Å². The number of hydrogen-bond donors (Lipinski definition) is 0. The highest BCUT2D eigenvalue weighted by atomic mass is 14.3. The van der Waals surface area contributed by atoms with Gasteiger partial charge in [0.1, 0.15) is 0 Å². The van der Waals surface area contributed by atoms with E-state index in [1.807, 2.05) is 6.07 Å². The van der Waals surface area contributed by atoms with Gasteiger partial charge in [0.25, 0.3) is 0 Å². The Morgan fingerprint density at radius 2 is 2.00 bits per heavy atom. The predicted octanol–water partition coefficient (Wildman–Crippen LogP) is 3.64. The molecule has 0 unspecified atom stereocenters. The Hall–Kier alpha value is -1.29. The van der Waals surface area contributed by atoms with E-state index in [4.69, 9.17) is 0 Å². The molecule has 0 amide bonds. The number of fused-ring (bicyclic) bond motifs is 1. The van der Waals surface area contributed by atoms with Gasteiger partial charge in [-0.05, 0) is 53.9 Å². The quantitative estimate of drug-likeness (QED) is 0.698. The molecule has 0 saturated heterocycles. The van der Waals surface area contributed by atoms with Crippen molar-refractivity contribution in [2.75, 3.05) is 0 Å². The first kappa shape index (κ1) is 11.2. The summed E-state index contributed by atoms with van der Waals surface area (Å²) in [5.74, 6) is 0. The van der Waals surface area contributed by atoms with Gasteiger partial charge in [-0.15, -0.1) is 0 Å². The van der Waals surface area contributed by atoms with Gasteiger partial charge in [-0.2, -0.15) is 5.26 Å². The molecule has 0 atom stereocenters. The molecule has 0 fully saturated rings. The Balaban J connectivity index is 2.49. The standard InChI is InChI=1S/C15H19N/c1-15(2,3)9-14-12(10-16)8-7-11-5-4-6-13(11)14/h7-8H,4-6,9H2,1-3H3. The number of nitrogens with zero attached hydrogens (tertiary/aromatic N) is 1. The molecule has 2 rings (SSSR count). The smallest absolute Gasteiger partial charge is 0.0994 e. The van der Waals surface area contributed by atoms with Gasteiger partial charge >= 0.3 is 0 Å². The van der Waals surface area contributed by atoms with Crippen LogP contribution in [0.2, 0.25) is 0 Å². The summed E-state index contributed by atoms with van der Waals surface area (Å²) in [7, 11) is 0. The molecule has 1 heteroatoms. The predicted molar refractivity (Wildman–Crippen MR) is 66.3 cm³/mol. The Morgan fingerprint density at radius 1 is 1.25 bits per heavy atom. The third-order valence-corrected chi connectivity index (χ3v) is 3.23. The first-order valence-electron chi connectivity index (χ1n) is 6.05. The fourth-order valence-corrected chi connectivity index (χ4v) is 2.58. The molecular formula is C15H19N. The Labute approximate surface area is 98.1 Å². The van der Waals surface area contributed by atoms with E-state index in [9.17, 15) is 5.26 Å². The van der Waals surface area contributed by atoms with Gasteiger partial charge in [0, 0.05) is 0 Å². The molecule has 1 aliphatic rings. The fourth-order valence-electron chi connectivity index (χ4n) is 2.58. The van der Waals surface area contributed by atoms with Crippen LogP contribution in [0.15, 0.2) is 12.1 Å². The van der Waals surface area contributed by atoms with Gasteiger partial charge in [-0.1, -0.05) is 26.8 Å². The largest absolute Gasteiger partial charge is 0.192 e. The van der Waals surface area contributed by atoms with E-state index >= 15 is 0 Å². The van der Waals surface area contributed by atoms with E-state index in [0.717, 1.165) is 18.4 Å². The lowest BCUT2D eigenvalue weighted by atomic mass is 9.83. The number of hydrogen-bond acceptors (Lipinski definition) is 1. The van der Waals surface area contributed by atoms with Gasteiger partial charge in [-0.3, -0.25) is 0 Å². The molecule has 1 aromatic rings. The van der Waals surface area contributed by atoms with Crippen molar-refractivity contribution in [1.29, 1.82) is 5.26 Å². The maximum absolute atomic E-state index is 9.20. The number of nitriles is 1. The summed E-state index contributed by atoms with van der Waals surface area (Å²) in [6.45, 7) is 6.72. The summed E-state index contributed by atoms with van der Waals surface area (Å²) < 4.78 is 0. The first-order valence-corrected chi connectivity index (χ1v) is 6.05. The molecule has 0 saturated carbocycles. The van der Waals surface area contributed by atoms with Crippen LogP contribution in [-0.4, -0.2) is 0 Å². The van der Waals surface area contributed by atoms with Crippen LogP contribution < -0.4 is 0 Å². The average molecular weight is 213 g/mol. The molecular weight excluding hydrogens is 194 g/mol. The topological polar surface area (TPSA) is 23.8 Å². The Bertz CT molecular complexity index is 444. The molecule has 1 aromatic carbocycles. The average Bonchev–Trinajstić information content (AvgIpc) is 2.64. The van der Waals surface area contributed by atoms with E-state index in [1.165, 1.54) is 29.5 Å². The molecule has 1 nitrogen and oxygen atoms in total. The second-order valence-electron chi connectivity index (χ2n) is 5.93. The van der Waals surface area contributed by atoms with Gasteiger partial charge in [0.05, 0.1) is 11.6 Å². The lowest BCUT2D eigenvalue weighted by molar-refractivity contribution is 0.409. The molecule has 0 aliphatic heterocycles. The molecule has 0 spiro atoms. The van der Waals surface area contributed by atoms with E-state index in [1.54, 1.807) is 0 Å². The monoisotopic (exact) mass is 213 g/mol. The second kappa shape index (κ2) is 3.94. The normalized spacial score (nSPS) is 14.6. The number of rotatable bonds is 1. The summed E-state index contributed by atoms with van der Waals surface area (Å²) >= 11 is 0. The maximum atomic E-state index is 9.20. The van der Waals surface area contributed by atoms with Crippen LogP contribution in [0.4, 0.5) is 0 Å². The van der Waals surface area contributed by atoms with E-state index in [-0.39, 0.29) is 5.41 Å². The van der Waals surface area contributed by atoms with Crippen molar-refractivity contribution in [2.45, 2.75) is 46.5 Å². The zero-order valence-corrected chi connectivity index (χ0v) is 10.4.